The number of amides is 1. The standard InChI is InChI=1S/C17H25N3O2/c1-22-13-16(21)19-15-5-6-17(15)7-10-20(11-8-17)12-14-4-2-3-9-18-14/h2-4,9,15H,5-8,10-13H2,1H3,(H,19,21). The summed E-state index contributed by atoms with van der Waals surface area (Å²) >= 11 is 0. The molecular weight excluding hydrogens is 278 g/mol. The summed E-state index contributed by atoms with van der Waals surface area (Å²) in [5, 5.41) is 3.15. The smallest absolute Gasteiger partial charge is 0.246 e. The molecule has 1 aromatic heterocycles. The van der Waals surface area contributed by atoms with Gasteiger partial charge in [0.05, 0.1) is 5.69 Å². The van der Waals surface area contributed by atoms with Crippen molar-refractivity contribution in [2.45, 2.75) is 38.3 Å². The monoisotopic (exact) mass is 303 g/mol. The fraction of sp³-hybridized carbons (Fsp3) is 0.647. The topological polar surface area (TPSA) is 54.5 Å². The first-order valence-corrected chi connectivity index (χ1v) is 8.12. The molecule has 1 spiro atoms. The third kappa shape index (κ3) is 3.31. The summed E-state index contributed by atoms with van der Waals surface area (Å²) in [5.74, 6) is 0.0162. The molecule has 2 heterocycles. The van der Waals surface area contributed by atoms with Gasteiger partial charge in [0, 0.05) is 25.9 Å². The van der Waals surface area contributed by atoms with Crippen LogP contribution in [0.4, 0.5) is 0 Å². The van der Waals surface area contributed by atoms with E-state index in [1.165, 1.54) is 6.42 Å². The molecule has 1 unspecified atom stereocenters. The second kappa shape index (κ2) is 6.75. The van der Waals surface area contributed by atoms with E-state index in [-0.39, 0.29) is 12.5 Å². The van der Waals surface area contributed by atoms with Gasteiger partial charge in [-0.3, -0.25) is 14.7 Å². The van der Waals surface area contributed by atoms with Crippen molar-refractivity contribution >= 4 is 5.91 Å². The highest BCUT2D eigenvalue weighted by molar-refractivity contribution is 5.77. The lowest BCUT2D eigenvalue weighted by Gasteiger charge is -2.54. The molecule has 0 radical (unpaired) electrons. The number of likely N-dealkylation sites (tertiary alicyclic amines) is 1. The number of nitrogens with one attached hydrogen (secondary N) is 1. The van der Waals surface area contributed by atoms with Crippen LogP contribution in [0.25, 0.3) is 0 Å². The Morgan fingerprint density at radius 1 is 1.41 bits per heavy atom. The third-order valence-corrected chi connectivity index (χ3v) is 5.24. The van der Waals surface area contributed by atoms with Gasteiger partial charge in [0.25, 0.3) is 0 Å². The number of methoxy groups -OCH3 is 1. The van der Waals surface area contributed by atoms with E-state index in [4.69, 9.17) is 4.74 Å². The normalized spacial score (nSPS) is 24.0. The average molecular weight is 303 g/mol. The van der Waals surface area contributed by atoms with Gasteiger partial charge in [0.2, 0.25) is 5.91 Å². The first kappa shape index (κ1) is 15.4. The number of hydrogen-bond acceptors (Lipinski definition) is 4. The third-order valence-electron chi connectivity index (χ3n) is 5.24. The zero-order chi connectivity index (χ0) is 15.4. The first-order chi connectivity index (χ1) is 10.7. The van der Waals surface area contributed by atoms with Gasteiger partial charge in [-0.1, -0.05) is 6.07 Å². The molecule has 1 saturated carbocycles. The number of nitrogens with zero attached hydrogens (tertiary/aromatic N) is 2. The molecule has 22 heavy (non-hydrogen) atoms. The molecule has 3 rings (SSSR count). The molecule has 5 nitrogen and oxygen atoms in total. The predicted octanol–water partition coefficient (Wildman–Crippen LogP) is 1.59. The van der Waals surface area contributed by atoms with E-state index in [2.05, 4.69) is 21.3 Å². The van der Waals surface area contributed by atoms with Crippen molar-refractivity contribution in [1.29, 1.82) is 0 Å². The van der Waals surface area contributed by atoms with Crippen LogP contribution in [0.1, 0.15) is 31.4 Å². The number of ether oxygens (including phenoxy) is 1. The zero-order valence-corrected chi connectivity index (χ0v) is 13.3. The lowest BCUT2D eigenvalue weighted by molar-refractivity contribution is -0.129. The van der Waals surface area contributed by atoms with Gasteiger partial charge in [-0.05, 0) is 56.3 Å². The molecule has 0 bridgehead atoms. The van der Waals surface area contributed by atoms with Crippen LogP contribution in [0.3, 0.4) is 0 Å². The summed E-state index contributed by atoms with van der Waals surface area (Å²) in [6, 6.07) is 6.42. The molecule has 1 atom stereocenters. The van der Waals surface area contributed by atoms with Gasteiger partial charge in [-0.2, -0.15) is 0 Å². The Bertz CT molecular complexity index is 498. The molecule has 1 aliphatic heterocycles. The quantitative estimate of drug-likeness (QED) is 0.897. The van der Waals surface area contributed by atoms with Crippen LogP contribution in [0.5, 0.6) is 0 Å². The number of piperidine rings is 1. The van der Waals surface area contributed by atoms with Crippen molar-refractivity contribution in [3.8, 4) is 0 Å². The van der Waals surface area contributed by atoms with Crippen LogP contribution in [0.15, 0.2) is 24.4 Å². The number of pyridine rings is 1. The summed E-state index contributed by atoms with van der Waals surface area (Å²) in [7, 11) is 1.56. The molecular formula is C17H25N3O2. The Morgan fingerprint density at radius 2 is 2.23 bits per heavy atom. The van der Waals surface area contributed by atoms with E-state index in [1.807, 2.05) is 18.3 Å². The maximum Gasteiger partial charge on any atom is 0.246 e. The minimum absolute atomic E-state index is 0.0162. The second-order valence-corrected chi connectivity index (χ2v) is 6.55. The summed E-state index contributed by atoms with van der Waals surface area (Å²) in [4.78, 5) is 18.6. The summed E-state index contributed by atoms with van der Waals surface area (Å²) in [5.41, 5.74) is 1.46. The van der Waals surface area contributed by atoms with E-state index < -0.39 is 0 Å². The molecule has 2 aliphatic rings. The molecule has 1 amide bonds. The highest BCUT2D eigenvalue weighted by Gasteiger charge is 2.48. The lowest BCUT2D eigenvalue weighted by Crippen LogP contribution is -2.59. The molecule has 1 aliphatic carbocycles. The van der Waals surface area contributed by atoms with Crippen LogP contribution < -0.4 is 5.32 Å². The molecule has 5 heteroatoms. The molecule has 120 valence electrons. The van der Waals surface area contributed by atoms with Crippen molar-refractivity contribution in [3.05, 3.63) is 30.1 Å². The average Bonchev–Trinajstić information content (AvgIpc) is 2.54. The Hall–Kier alpha value is -1.46. The molecule has 0 aromatic carbocycles. The Morgan fingerprint density at radius 3 is 2.82 bits per heavy atom. The van der Waals surface area contributed by atoms with E-state index in [0.717, 1.165) is 44.6 Å². The van der Waals surface area contributed by atoms with Crippen LogP contribution in [-0.4, -0.2) is 48.6 Å². The Balaban J connectivity index is 1.50. The zero-order valence-electron chi connectivity index (χ0n) is 13.3. The number of carbonyl (C=O) groups is 1. The Kier molecular flexibility index (Phi) is 4.74. The van der Waals surface area contributed by atoms with Crippen molar-refractivity contribution in [2.24, 2.45) is 5.41 Å². The fourth-order valence-electron chi connectivity index (χ4n) is 3.76. The van der Waals surface area contributed by atoms with Gasteiger partial charge >= 0.3 is 0 Å². The first-order valence-electron chi connectivity index (χ1n) is 8.12. The van der Waals surface area contributed by atoms with Crippen LogP contribution in [-0.2, 0) is 16.1 Å². The van der Waals surface area contributed by atoms with Gasteiger partial charge < -0.3 is 10.1 Å². The van der Waals surface area contributed by atoms with Crippen LogP contribution in [0, 0.1) is 5.41 Å². The van der Waals surface area contributed by atoms with Crippen LogP contribution >= 0.6 is 0 Å². The van der Waals surface area contributed by atoms with Crippen molar-refractivity contribution in [2.75, 3.05) is 26.8 Å². The van der Waals surface area contributed by atoms with Gasteiger partial charge in [0.15, 0.2) is 0 Å². The molecule has 1 saturated heterocycles. The van der Waals surface area contributed by atoms with Crippen molar-refractivity contribution in [1.82, 2.24) is 15.2 Å². The number of carbonyl (C=O) groups excluding carboxylic acids is 1. The highest BCUT2D eigenvalue weighted by Crippen LogP contribution is 2.49. The van der Waals surface area contributed by atoms with Crippen molar-refractivity contribution < 1.29 is 9.53 Å². The lowest BCUT2D eigenvalue weighted by atomic mass is 9.59. The van der Waals surface area contributed by atoms with Gasteiger partial charge in [0.1, 0.15) is 6.61 Å². The second-order valence-electron chi connectivity index (χ2n) is 6.55. The van der Waals surface area contributed by atoms with E-state index in [1.54, 1.807) is 7.11 Å². The molecule has 1 aromatic rings. The highest BCUT2D eigenvalue weighted by atomic mass is 16.5. The van der Waals surface area contributed by atoms with E-state index in [0.29, 0.717) is 11.5 Å². The van der Waals surface area contributed by atoms with Crippen molar-refractivity contribution in [3.63, 3.8) is 0 Å². The molecule has 2 fully saturated rings. The molecule has 1 N–H and O–H groups in total. The summed E-state index contributed by atoms with van der Waals surface area (Å²) in [6.07, 6.45) is 6.53. The van der Waals surface area contributed by atoms with Gasteiger partial charge in [-0.15, -0.1) is 0 Å². The fourth-order valence-corrected chi connectivity index (χ4v) is 3.76. The number of hydrogen-bond donors (Lipinski definition) is 1. The van der Waals surface area contributed by atoms with Crippen LogP contribution in [0.2, 0.25) is 0 Å². The SMILES string of the molecule is COCC(=O)NC1CCC12CCN(Cc1ccccn1)CC2. The van der Waals surface area contributed by atoms with Gasteiger partial charge in [-0.25, -0.2) is 0 Å². The summed E-state index contributed by atoms with van der Waals surface area (Å²) in [6.45, 7) is 3.27. The minimum Gasteiger partial charge on any atom is -0.375 e. The van der Waals surface area contributed by atoms with E-state index >= 15 is 0 Å². The summed E-state index contributed by atoms with van der Waals surface area (Å²) < 4.78 is 4.91. The maximum absolute atomic E-state index is 11.7. The number of rotatable bonds is 5. The largest absolute Gasteiger partial charge is 0.375 e. The number of aromatic nitrogens is 1. The Labute approximate surface area is 132 Å². The van der Waals surface area contributed by atoms with E-state index in [9.17, 15) is 4.79 Å². The maximum atomic E-state index is 11.7. The minimum atomic E-state index is 0.0162. The predicted molar refractivity (Wildman–Crippen MR) is 84.2 cm³/mol.